The Kier molecular flexibility index (Phi) is 4.14. The third-order valence-corrected chi connectivity index (χ3v) is 8.48. The van der Waals surface area contributed by atoms with Crippen molar-refractivity contribution in [2.75, 3.05) is 0 Å². The molecule has 2 heteroatoms. The first kappa shape index (κ1) is 19.1. The number of pyridine rings is 1. The van der Waals surface area contributed by atoms with Crippen molar-refractivity contribution in [1.29, 1.82) is 0 Å². The predicted molar refractivity (Wildman–Crippen MR) is 172 cm³/mol. The highest BCUT2D eigenvalue weighted by atomic mass is 16.3. The maximum atomic E-state index is 9.72. The average Bonchev–Trinajstić information content (AvgIpc) is 3.36. The number of rotatable bonds is 2. The highest BCUT2D eigenvalue weighted by Gasteiger charge is 2.42. The third-order valence-electron chi connectivity index (χ3n) is 8.48. The summed E-state index contributed by atoms with van der Waals surface area (Å²) in [5.74, 6) is 0. The lowest BCUT2D eigenvalue weighted by molar-refractivity contribution is 0.324. The second-order valence-electron chi connectivity index (χ2n) is 15.2. The molecule has 6 rings (SSSR count). The van der Waals surface area contributed by atoms with Crippen LogP contribution >= 0.6 is 0 Å². The van der Waals surface area contributed by atoms with Gasteiger partial charge in [-0.05, 0) is 92.6 Å². The summed E-state index contributed by atoms with van der Waals surface area (Å²) in [5.41, 5.74) is 3.31. The number of fused-ring (bicyclic) bond motifs is 6. The molecule has 5 aromatic rings. The SMILES string of the molecule is [2H]c1nc(-c2cc3c([2H])c([2H])c([2H])c([2H])c3c(C(C)(C)C)c2[2H])c2oc3c4c(c(CC(C)(C)C)c([2H])c3c2c1[2H])C(C)(C)CCC4(C)C. The molecule has 0 spiro atoms. The molecule has 3 aromatic carbocycles. The van der Waals surface area contributed by atoms with Gasteiger partial charge in [0.25, 0.3) is 0 Å². The van der Waals surface area contributed by atoms with Crippen molar-refractivity contribution < 1.29 is 15.4 Å². The number of benzene rings is 3. The van der Waals surface area contributed by atoms with Crippen LogP contribution in [0.4, 0.5) is 0 Å². The molecule has 0 fully saturated rings. The fourth-order valence-corrected chi connectivity index (χ4v) is 6.49. The van der Waals surface area contributed by atoms with E-state index in [1.54, 1.807) is 6.07 Å². The molecule has 0 bridgehead atoms. The highest BCUT2D eigenvalue weighted by Crippen LogP contribution is 2.52. The Hall–Kier alpha value is -3.13. The van der Waals surface area contributed by atoms with Crippen molar-refractivity contribution in [1.82, 2.24) is 4.98 Å². The van der Waals surface area contributed by atoms with E-state index in [1.807, 2.05) is 20.8 Å². The number of hydrogen-bond donors (Lipinski definition) is 0. The summed E-state index contributed by atoms with van der Waals surface area (Å²) >= 11 is 0. The summed E-state index contributed by atoms with van der Waals surface area (Å²) in [6.07, 6.45) is 2.19. The van der Waals surface area contributed by atoms with Gasteiger partial charge in [-0.25, -0.2) is 0 Å². The molecule has 2 heterocycles. The normalized spacial score (nSPS) is 19.9. The van der Waals surface area contributed by atoms with Crippen molar-refractivity contribution >= 4 is 32.7 Å². The van der Waals surface area contributed by atoms with E-state index in [0.29, 0.717) is 34.4 Å². The molecule has 1 aliphatic carbocycles. The van der Waals surface area contributed by atoms with Crippen molar-refractivity contribution in [3.05, 3.63) is 76.8 Å². The van der Waals surface area contributed by atoms with Gasteiger partial charge in [0.15, 0.2) is 5.58 Å². The zero-order chi connectivity index (χ0) is 35.8. The average molecular weight is 540 g/mol. The van der Waals surface area contributed by atoms with Gasteiger partial charge in [0.1, 0.15) is 11.3 Å². The van der Waals surface area contributed by atoms with Crippen LogP contribution in [0.2, 0.25) is 0 Å². The topological polar surface area (TPSA) is 26.0 Å². The van der Waals surface area contributed by atoms with E-state index in [-0.39, 0.29) is 86.3 Å². The molecular formula is C38H45NO. The molecule has 40 heavy (non-hydrogen) atoms. The summed E-state index contributed by atoms with van der Waals surface area (Å²) in [5, 5.41) is 1.33. The lowest BCUT2D eigenvalue weighted by Gasteiger charge is -2.43. The monoisotopic (exact) mass is 539 g/mol. The van der Waals surface area contributed by atoms with Crippen LogP contribution in [0.5, 0.6) is 0 Å². The standard InChI is InChI=1S/C38H45NO/c1-35(2,3)22-25-20-28-27-15-18-39-32(24-19-23-13-11-12-14-26(23)29(21-24)36(4,5)6)34(27)40-33(28)31-30(25)37(7,8)16-17-38(31,9)10/h11-15,18-21H,16-17,22H2,1-10H3/i11D,12D,13D,14D,15D,18D,20D,21D. The van der Waals surface area contributed by atoms with Gasteiger partial charge < -0.3 is 4.42 Å². The summed E-state index contributed by atoms with van der Waals surface area (Å²) in [6.45, 7) is 21.0. The predicted octanol–water partition coefficient (Wildman–Crippen LogP) is 11.0. The molecule has 0 atom stereocenters. The minimum absolute atomic E-state index is 0.0226. The van der Waals surface area contributed by atoms with Crippen LogP contribution in [0, 0.1) is 5.41 Å². The molecule has 0 saturated heterocycles. The van der Waals surface area contributed by atoms with Crippen LogP contribution in [0.1, 0.15) is 115 Å². The Morgan fingerprint density at radius 2 is 1.50 bits per heavy atom. The molecule has 0 aliphatic heterocycles. The molecule has 2 aromatic heterocycles. The molecule has 0 unspecified atom stereocenters. The van der Waals surface area contributed by atoms with Crippen LogP contribution < -0.4 is 0 Å². The van der Waals surface area contributed by atoms with Gasteiger partial charge in [-0.3, -0.25) is 4.98 Å². The van der Waals surface area contributed by atoms with Crippen LogP contribution in [-0.2, 0) is 22.7 Å². The van der Waals surface area contributed by atoms with Crippen molar-refractivity contribution in [2.45, 2.75) is 105 Å². The smallest absolute Gasteiger partial charge is 0.161 e. The van der Waals surface area contributed by atoms with Crippen LogP contribution in [-0.4, -0.2) is 4.98 Å². The summed E-state index contributed by atoms with van der Waals surface area (Å²) in [7, 11) is 0. The van der Waals surface area contributed by atoms with Gasteiger partial charge in [0.2, 0.25) is 0 Å². The van der Waals surface area contributed by atoms with Gasteiger partial charge in [-0.15, -0.1) is 0 Å². The minimum Gasteiger partial charge on any atom is -0.453 e. The molecule has 0 amide bonds. The molecule has 1 aliphatic rings. The van der Waals surface area contributed by atoms with Gasteiger partial charge in [0, 0.05) is 28.1 Å². The van der Waals surface area contributed by atoms with E-state index in [4.69, 9.17) is 12.6 Å². The lowest BCUT2D eigenvalue weighted by atomic mass is 9.60. The van der Waals surface area contributed by atoms with E-state index in [9.17, 15) is 2.74 Å². The number of aromatic nitrogens is 1. The Morgan fingerprint density at radius 1 is 0.825 bits per heavy atom. The van der Waals surface area contributed by atoms with Crippen LogP contribution in [0.15, 0.2) is 59.0 Å². The quantitative estimate of drug-likeness (QED) is 0.223. The zero-order valence-electron chi connectivity index (χ0n) is 33.6. The van der Waals surface area contributed by atoms with Gasteiger partial charge in [0.05, 0.1) is 11.0 Å². The maximum Gasteiger partial charge on any atom is 0.161 e. The van der Waals surface area contributed by atoms with E-state index >= 15 is 0 Å². The molecule has 2 nitrogen and oxygen atoms in total. The maximum absolute atomic E-state index is 9.72. The fourth-order valence-electron chi connectivity index (χ4n) is 6.49. The first-order chi connectivity index (χ1) is 21.9. The number of nitrogens with zero attached hydrogens (tertiary/aromatic N) is 1. The van der Waals surface area contributed by atoms with Crippen LogP contribution in [0.25, 0.3) is 44.0 Å². The summed E-state index contributed by atoms with van der Waals surface area (Å²) in [6, 6.07) is 0.555. The fraction of sp³-hybridized carbons (Fsp3) is 0.447. The molecule has 208 valence electrons. The van der Waals surface area contributed by atoms with Crippen LogP contribution in [0.3, 0.4) is 0 Å². The van der Waals surface area contributed by atoms with Gasteiger partial charge in [-0.2, -0.15) is 0 Å². The summed E-state index contributed by atoms with van der Waals surface area (Å²) < 4.78 is 78.4. The Balaban J connectivity index is 1.87. The molecule has 0 saturated carbocycles. The molecule has 0 radical (unpaired) electrons. The molecular weight excluding hydrogens is 486 g/mol. The van der Waals surface area contributed by atoms with Gasteiger partial charge in [-0.1, -0.05) is 93.4 Å². The second kappa shape index (κ2) is 8.68. The summed E-state index contributed by atoms with van der Waals surface area (Å²) in [4.78, 5) is 4.55. The van der Waals surface area contributed by atoms with Crippen molar-refractivity contribution in [3.8, 4) is 11.3 Å². The van der Waals surface area contributed by atoms with E-state index < -0.39 is 5.41 Å². The van der Waals surface area contributed by atoms with E-state index in [2.05, 4.69) is 53.5 Å². The largest absolute Gasteiger partial charge is 0.453 e. The third kappa shape index (κ3) is 4.35. The van der Waals surface area contributed by atoms with Crippen molar-refractivity contribution in [3.63, 3.8) is 0 Å². The minimum atomic E-state index is -0.694. The Bertz CT molecular complexity index is 2210. The Morgan fingerprint density at radius 3 is 2.17 bits per heavy atom. The zero-order valence-corrected chi connectivity index (χ0v) is 25.6. The van der Waals surface area contributed by atoms with Gasteiger partial charge >= 0.3 is 0 Å². The number of furan rings is 1. The highest BCUT2D eigenvalue weighted by molar-refractivity contribution is 6.11. The van der Waals surface area contributed by atoms with Crippen molar-refractivity contribution in [2.24, 2.45) is 5.41 Å². The second-order valence-corrected chi connectivity index (χ2v) is 15.2. The van der Waals surface area contributed by atoms with E-state index in [0.717, 1.165) is 29.5 Å². The molecule has 0 N–H and O–H groups in total. The number of hydrogen-bond acceptors (Lipinski definition) is 2. The first-order valence-electron chi connectivity index (χ1n) is 18.3. The lowest BCUT2D eigenvalue weighted by Crippen LogP contribution is -2.35. The van der Waals surface area contributed by atoms with E-state index in [1.165, 1.54) is 0 Å². The Labute approximate surface area is 251 Å². The first-order valence-corrected chi connectivity index (χ1v) is 14.3.